The van der Waals surface area contributed by atoms with E-state index in [-0.39, 0.29) is 12.1 Å². The number of hydrogen-bond acceptors (Lipinski definition) is 6. The number of amides is 2. The molecular weight excluding hydrogens is 454 g/mol. The summed E-state index contributed by atoms with van der Waals surface area (Å²) in [7, 11) is 7.08. The van der Waals surface area contributed by atoms with Crippen LogP contribution in [0.25, 0.3) is 0 Å². The molecule has 1 N–H and O–H groups in total. The van der Waals surface area contributed by atoms with Crippen LogP contribution in [0, 0.1) is 0 Å². The molecule has 194 valence electrons. The van der Waals surface area contributed by atoms with E-state index in [0.717, 1.165) is 42.0 Å². The lowest BCUT2D eigenvalue weighted by Crippen LogP contribution is -2.43. The van der Waals surface area contributed by atoms with E-state index in [1.54, 1.807) is 21.3 Å². The first-order valence-corrected chi connectivity index (χ1v) is 12.8. The third-order valence-electron chi connectivity index (χ3n) is 7.53. The Labute approximate surface area is 214 Å². The molecular formula is C28H39N5O3. The van der Waals surface area contributed by atoms with Gasteiger partial charge < -0.3 is 24.6 Å². The van der Waals surface area contributed by atoms with E-state index in [1.165, 1.54) is 23.5 Å². The molecule has 36 heavy (non-hydrogen) atoms. The molecule has 1 atom stereocenters. The van der Waals surface area contributed by atoms with Gasteiger partial charge in [0, 0.05) is 50.0 Å². The van der Waals surface area contributed by atoms with Gasteiger partial charge >= 0.3 is 6.03 Å². The van der Waals surface area contributed by atoms with Crippen molar-refractivity contribution in [1.82, 2.24) is 15.2 Å². The molecule has 2 heterocycles. The standard InChI is InChI=1S/C28H39N5O3/c1-7-32-14-12-23(13-15-32)31(4)22-10-8-20(9-11-22)27-24-18-26(36-6)25(35-5)17-21(24)16-19(2)33(30-27)28(34)29-3/h8-11,17-19,23H,7,12-16H2,1-6H3,(H,29,34). The lowest BCUT2D eigenvalue weighted by molar-refractivity contribution is 0.184. The number of ether oxygens (including phenoxy) is 2. The van der Waals surface area contributed by atoms with Gasteiger partial charge in [0.1, 0.15) is 0 Å². The average molecular weight is 494 g/mol. The van der Waals surface area contributed by atoms with E-state index in [9.17, 15) is 4.79 Å². The van der Waals surface area contributed by atoms with Crippen molar-refractivity contribution in [2.45, 2.75) is 45.2 Å². The summed E-state index contributed by atoms with van der Waals surface area (Å²) >= 11 is 0. The summed E-state index contributed by atoms with van der Waals surface area (Å²) in [6.45, 7) is 7.65. The van der Waals surface area contributed by atoms with Crippen molar-refractivity contribution in [3.63, 3.8) is 0 Å². The summed E-state index contributed by atoms with van der Waals surface area (Å²) in [6.07, 6.45) is 2.99. The first-order valence-electron chi connectivity index (χ1n) is 12.8. The third kappa shape index (κ3) is 5.14. The maximum Gasteiger partial charge on any atom is 0.337 e. The van der Waals surface area contributed by atoms with Crippen LogP contribution in [-0.2, 0) is 6.42 Å². The molecule has 0 radical (unpaired) electrons. The highest BCUT2D eigenvalue weighted by molar-refractivity contribution is 6.14. The Morgan fingerprint density at radius 1 is 1.11 bits per heavy atom. The largest absolute Gasteiger partial charge is 0.493 e. The zero-order valence-electron chi connectivity index (χ0n) is 22.4. The number of nitrogens with one attached hydrogen (secondary N) is 1. The van der Waals surface area contributed by atoms with Crippen LogP contribution in [0.15, 0.2) is 41.5 Å². The minimum absolute atomic E-state index is 0.126. The molecule has 0 bridgehead atoms. The second-order valence-corrected chi connectivity index (χ2v) is 9.59. The number of benzene rings is 2. The summed E-state index contributed by atoms with van der Waals surface area (Å²) < 4.78 is 11.2. The Morgan fingerprint density at radius 2 is 1.75 bits per heavy atom. The molecule has 1 unspecified atom stereocenters. The second kappa shape index (κ2) is 11.2. The number of rotatable bonds is 6. The van der Waals surface area contributed by atoms with Crippen molar-refractivity contribution in [3.8, 4) is 11.5 Å². The Morgan fingerprint density at radius 3 is 2.33 bits per heavy atom. The lowest BCUT2D eigenvalue weighted by atomic mass is 9.93. The van der Waals surface area contributed by atoms with Gasteiger partial charge in [-0.3, -0.25) is 0 Å². The van der Waals surface area contributed by atoms with Crippen molar-refractivity contribution in [1.29, 1.82) is 0 Å². The van der Waals surface area contributed by atoms with Crippen LogP contribution in [0.1, 0.15) is 43.4 Å². The number of methoxy groups -OCH3 is 2. The fourth-order valence-corrected chi connectivity index (χ4v) is 5.24. The normalized spacial score (nSPS) is 18.7. The molecule has 1 fully saturated rings. The molecule has 2 aromatic rings. The topological polar surface area (TPSA) is 69.6 Å². The molecule has 0 aliphatic carbocycles. The number of piperidine rings is 1. The van der Waals surface area contributed by atoms with Crippen LogP contribution in [0.4, 0.5) is 10.5 Å². The minimum atomic E-state index is -0.235. The SMILES string of the molecule is CCN1CCC(N(C)c2ccc(C3=NN(C(=O)NC)C(C)Cc4cc(OC)c(OC)cc43)cc2)CC1. The second-order valence-electron chi connectivity index (χ2n) is 9.59. The number of carbonyl (C=O) groups is 1. The number of anilines is 1. The third-order valence-corrected chi connectivity index (χ3v) is 7.53. The molecule has 0 saturated carbocycles. The average Bonchev–Trinajstić information content (AvgIpc) is 3.06. The van der Waals surface area contributed by atoms with Crippen molar-refractivity contribution >= 4 is 17.4 Å². The van der Waals surface area contributed by atoms with Crippen LogP contribution in [0.2, 0.25) is 0 Å². The summed E-state index contributed by atoms with van der Waals surface area (Å²) in [5, 5.41) is 9.14. The molecule has 0 spiro atoms. The van der Waals surface area contributed by atoms with Crippen molar-refractivity contribution in [2.24, 2.45) is 5.10 Å². The predicted octanol–water partition coefficient (Wildman–Crippen LogP) is 3.96. The fourth-order valence-electron chi connectivity index (χ4n) is 5.24. The summed E-state index contributed by atoms with van der Waals surface area (Å²) in [4.78, 5) is 17.6. The number of fused-ring (bicyclic) bond motifs is 1. The maximum atomic E-state index is 12.7. The van der Waals surface area contributed by atoms with Crippen LogP contribution >= 0.6 is 0 Å². The van der Waals surface area contributed by atoms with E-state index in [4.69, 9.17) is 14.6 Å². The van der Waals surface area contributed by atoms with Crippen LogP contribution in [0.3, 0.4) is 0 Å². The van der Waals surface area contributed by atoms with Crippen LogP contribution < -0.4 is 19.7 Å². The quantitative estimate of drug-likeness (QED) is 0.660. The molecule has 1 saturated heterocycles. The Balaban J connectivity index is 1.70. The Bertz CT molecular complexity index is 1090. The fraction of sp³-hybridized carbons (Fsp3) is 0.500. The number of nitrogens with zero attached hydrogens (tertiary/aromatic N) is 4. The van der Waals surface area contributed by atoms with Gasteiger partial charge in [0.15, 0.2) is 11.5 Å². The van der Waals surface area contributed by atoms with Crippen molar-refractivity contribution in [2.75, 3.05) is 52.8 Å². The first kappa shape index (κ1) is 25.8. The molecule has 2 aromatic carbocycles. The maximum absolute atomic E-state index is 12.7. The van der Waals surface area contributed by atoms with Gasteiger partial charge in [-0.15, -0.1) is 0 Å². The molecule has 2 aliphatic rings. The van der Waals surface area contributed by atoms with E-state index < -0.39 is 0 Å². The highest BCUT2D eigenvalue weighted by Crippen LogP contribution is 2.35. The molecule has 2 aliphatic heterocycles. The molecule has 8 heteroatoms. The molecule has 8 nitrogen and oxygen atoms in total. The Hall–Kier alpha value is -3.26. The zero-order chi connectivity index (χ0) is 25.8. The summed E-state index contributed by atoms with van der Waals surface area (Å²) in [5.74, 6) is 1.31. The van der Waals surface area contributed by atoms with Gasteiger partial charge in [0.2, 0.25) is 0 Å². The highest BCUT2D eigenvalue weighted by Gasteiger charge is 2.29. The summed E-state index contributed by atoms with van der Waals surface area (Å²) in [6, 6.07) is 12.7. The van der Waals surface area contributed by atoms with Gasteiger partial charge in [-0.2, -0.15) is 5.10 Å². The highest BCUT2D eigenvalue weighted by atomic mass is 16.5. The molecule has 4 rings (SSSR count). The van der Waals surface area contributed by atoms with Crippen LogP contribution in [-0.4, -0.2) is 81.7 Å². The number of urea groups is 1. The van der Waals surface area contributed by atoms with E-state index >= 15 is 0 Å². The minimum Gasteiger partial charge on any atom is -0.493 e. The molecule has 2 amide bonds. The number of hydrogen-bond donors (Lipinski definition) is 1. The zero-order valence-corrected chi connectivity index (χ0v) is 22.4. The van der Waals surface area contributed by atoms with Crippen molar-refractivity contribution < 1.29 is 14.3 Å². The number of likely N-dealkylation sites (tertiary alicyclic amines) is 1. The monoisotopic (exact) mass is 493 g/mol. The van der Waals surface area contributed by atoms with Gasteiger partial charge in [0.25, 0.3) is 0 Å². The van der Waals surface area contributed by atoms with Crippen molar-refractivity contribution in [3.05, 3.63) is 53.1 Å². The van der Waals surface area contributed by atoms with E-state index in [2.05, 4.69) is 53.4 Å². The summed E-state index contributed by atoms with van der Waals surface area (Å²) in [5.41, 5.74) is 4.88. The van der Waals surface area contributed by atoms with E-state index in [0.29, 0.717) is 24.0 Å². The van der Waals surface area contributed by atoms with Gasteiger partial charge in [-0.25, -0.2) is 9.80 Å². The number of hydrazone groups is 1. The lowest BCUT2D eigenvalue weighted by Gasteiger charge is -2.37. The van der Waals surface area contributed by atoms with Gasteiger partial charge in [-0.1, -0.05) is 19.1 Å². The Kier molecular flexibility index (Phi) is 8.04. The van der Waals surface area contributed by atoms with Gasteiger partial charge in [-0.05, 0) is 62.6 Å². The predicted molar refractivity (Wildman–Crippen MR) is 145 cm³/mol. The van der Waals surface area contributed by atoms with Crippen LogP contribution in [0.5, 0.6) is 11.5 Å². The smallest absolute Gasteiger partial charge is 0.337 e. The molecule has 0 aromatic heterocycles. The van der Waals surface area contributed by atoms with Gasteiger partial charge in [0.05, 0.1) is 26.0 Å². The number of carbonyl (C=O) groups excluding carboxylic acids is 1. The first-order chi connectivity index (χ1) is 17.4. The van der Waals surface area contributed by atoms with E-state index in [1.807, 2.05) is 19.1 Å².